The van der Waals surface area contributed by atoms with Crippen LogP contribution in [0.1, 0.15) is 18.5 Å². The SMILES string of the molecule is [C-]#[N+]c1cccc(-c2ccc(NCC3(c4ncccc4F)CC(F)C3)nn2)c1. The first-order valence-corrected chi connectivity index (χ1v) is 8.90. The van der Waals surface area contributed by atoms with Crippen LogP contribution in [-0.4, -0.2) is 27.9 Å². The van der Waals surface area contributed by atoms with Gasteiger partial charge in [-0.05, 0) is 48.7 Å². The zero-order chi connectivity index (χ0) is 19.6. The molecule has 7 heteroatoms. The van der Waals surface area contributed by atoms with Crippen LogP contribution in [0.3, 0.4) is 0 Å². The van der Waals surface area contributed by atoms with Gasteiger partial charge in [-0.25, -0.2) is 13.6 Å². The number of rotatable bonds is 5. The Morgan fingerprint density at radius 1 is 1.14 bits per heavy atom. The van der Waals surface area contributed by atoms with Crippen molar-refractivity contribution in [2.24, 2.45) is 0 Å². The fourth-order valence-electron chi connectivity index (χ4n) is 3.56. The van der Waals surface area contributed by atoms with E-state index in [0.29, 0.717) is 23.7 Å². The molecule has 4 rings (SSSR count). The maximum absolute atomic E-state index is 14.2. The molecule has 2 aromatic heterocycles. The number of benzene rings is 1. The van der Waals surface area contributed by atoms with Gasteiger partial charge in [0.25, 0.3) is 0 Å². The quantitative estimate of drug-likeness (QED) is 0.654. The molecule has 1 aliphatic rings. The molecule has 5 nitrogen and oxygen atoms in total. The molecule has 1 saturated carbocycles. The van der Waals surface area contributed by atoms with Crippen LogP contribution in [0.25, 0.3) is 16.1 Å². The number of halogens is 2. The van der Waals surface area contributed by atoms with Crippen LogP contribution < -0.4 is 5.32 Å². The van der Waals surface area contributed by atoms with Gasteiger partial charge < -0.3 is 5.32 Å². The molecule has 1 aliphatic carbocycles. The van der Waals surface area contributed by atoms with Crippen molar-refractivity contribution < 1.29 is 8.78 Å². The summed E-state index contributed by atoms with van der Waals surface area (Å²) in [5.74, 6) is 0.0976. The van der Waals surface area contributed by atoms with Crippen molar-refractivity contribution in [2.75, 3.05) is 11.9 Å². The first-order chi connectivity index (χ1) is 13.6. The van der Waals surface area contributed by atoms with E-state index < -0.39 is 17.4 Å². The summed E-state index contributed by atoms with van der Waals surface area (Å²) in [6.45, 7) is 7.42. The first kappa shape index (κ1) is 18.0. The Morgan fingerprint density at radius 3 is 2.68 bits per heavy atom. The number of hydrogen-bond acceptors (Lipinski definition) is 4. The van der Waals surface area contributed by atoms with E-state index in [9.17, 15) is 8.78 Å². The van der Waals surface area contributed by atoms with E-state index in [1.165, 1.54) is 18.3 Å². The minimum absolute atomic E-state index is 0.225. The molecule has 3 aromatic rings. The third-order valence-corrected chi connectivity index (χ3v) is 5.03. The monoisotopic (exact) mass is 377 g/mol. The molecule has 28 heavy (non-hydrogen) atoms. The van der Waals surface area contributed by atoms with Crippen molar-refractivity contribution in [3.8, 4) is 11.3 Å². The summed E-state index contributed by atoms with van der Waals surface area (Å²) in [7, 11) is 0. The number of alkyl halides is 1. The second kappa shape index (κ2) is 7.31. The van der Waals surface area contributed by atoms with E-state index in [4.69, 9.17) is 6.57 Å². The van der Waals surface area contributed by atoms with E-state index in [-0.39, 0.29) is 18.5 Å². The Morgan fingerprint density at radius 2 is 2.00 bits per heavy atom. The first-order valence-electron chi connectivity index (χ1n) is 8.90. The predicted molar refractivity (Wildman–Crippen MR) is 102 cm³/mol. The van der Waals surface area contributed by atoms with Crippen LogP contribution in [0.2, 0.25) is 0 Å². The lowest BCUT2D eigenvalue weighted by atomic mass is 9.65. The van der Waals surface area contributed by atoms with Gasteiger partial charge in [-0.1, -0.05) is 18.2 Å². The van der Waals surface area contributed by atoms with Gasteiger partial charge in [0.05, 0.1) is 18.0 Å². The molecule has 1 aromatic carbocycles. The van der Waals surface area contributed by atoms with Gasteiger partial charge in [0.2, 0.25) is 0 Å². The second-order valence-electron chi connectivity index (χ2n) is 6.94. The van der Waals surface area contributed by atoms with E-state index in [0.717, 1.165) is 5.56 Å². The van der Waals surface area contributed by atoms with Crippen molar-refractivity contribution in [1.82, 2.24) is 15.2 Å². The molecule has 0 spiro atoms. The Labute approximate surface area is 161 Å². The van der Waals surface area contributed by atoms with Gasteiger partial charge in [-0.2, -0.15) is 0 Å². The molecule has 0 atom stereocenters. The smallest absolute Gasteiger partial charge is 0.187 e. The molecule has 0 saturated heterocycles. The second-order valence-corrected chi connectivity index (χ2v) is 6.94. The van der Waals surface area contributed by atoms with Crippen molar-refractivity contribution in [3.05, 3.63) is 77.7 Å². The number of pyridine rings is 1. The van der Waals surface area contributed by atoms with Crippen LogP contribution in [-0.2, 0) is 5.41 Å². The lowest BCUT2D eigenvalue weighted by Crippen LogP contribution is -2.49. The Kier molecular flexibility index (Phi) is 4.70. The maximum Gasteiger partial charge on any atom is 0.187 e. The highest BCUT2D eigenvalue weighted by Crippen LogP contribution is 2.45. The molecule has 2 heterocycles. The Bertz CT molecular complexity index is 1020. The predicted octanol–water partition coefficient (Wildman–Crippen LogP) is 4.71. The van der Waals surface area contributed by atoms with E-state index in [2.05, 4.69) is 25.3 Å². The summed E-state index contributed by atoms with van der Waals surface area (Å²) >= 11 is 0. The zero-order valence-corrected chi connectivity index (χ0v) is 14.9. The van der Waals surface area contributed by atoms with Crippen molar-refractivity contribution in [1.29, 1.82) is 0 Å². The highest BCUT2D eigenvalue weighted by molar-refractivity contribution is 5.65. The molecule has 140 valence electrons. The van der Waals surface area contributed by atoms with Gasteiger partial charge in [0, 0.05) is 18.2 Å². The summed E-state index contributed by atoms with van der Waals surface area (Å²) in [6, 6.07) is 13.6. The molecule has 0 unspecified atom stereocenters. The van der Waals surface area contributed by atoms with Crippen LogP contribution in [0, 0.1) is 12.4 Å². The van der Waals surface area contributed by atoms with Crippen molar-refractivity contribution >= 4 is 11.5 Å². The Hall–Kier alpha value is -3.40. The fourth-order valence-corrected chi connectivity index (χ4v) is 3.56. The van der Waals surface area contributed by atoms with E-state index in [1.807, 2.05) is 6.07 Å². The Balaban J connectivity index is 1.50. The highest BCUT2D eigenvalue weighted by atomic mass is 19.1. The minimum Gasteiger partial charge on any atom is -0.368 e. The third-order valence-electron chi connectivity index (χ3n) is 5.03. The van der Waals surface area contributed by atoms with Crippen LogP contribution in [0.5, 0.6) is 0 Å². The summed E-state index contributed by atoms with van der Waals surface area (Å²) in [4.78, 5) is 7.56. The van der Waals surface area contributed by atoms with Crippen LogP contribution in [0.4, 0.5) is 20.3 Å². The van der Waals surface area contributed by atoms with Gasteiger partial charge >= 0.3 is 0 Å². The lowest BCUT2D eigenvalue weighted by Gasteiger charge is -2.44. The number of aromatic nitrogens is 3. The molecule has 0 radical (unpaired) electrons. The van der Waals surface area contributed by atoms with Crippen LogP contribution >= 0.6 is 0 Å². The molecule has 0 amide bonds. The number of anilines is 1. The van der Waals surface area contributed by atoms with Gasteiger partial charge in [-0.3, -0.25) is 4.98 Å². The van der Waals surface area contributed by atoms with Gasteiger partial charge in [0.1, 0.15) is 17.8 Å². The molecule has 0 aliphatic heterocycles. The molecule has 1 fully saturated rings. The summed E-state index contributed by atoms with van der Waals surface area (Å²) in [5.41, 5.74) is 1.59. The van der Waals surface area contributed by atoms with Crippen LogP contribution in [0.15, 0.2) is 54.7 Å². The number of hydrogen-bond donors (Lipinski definition) is 1. The largest absolute Gasteiger partial charge is 0.368 e. The number of nitrogens with zero attached hydrogens (tertiary/aromatic N) is 4. The average molecular weight is 377 g/mol. The van der Waals surface area contributed by atoms with Gasteiger partial charge in [0.15, 0.2) is 5.69 Å². The van der Waals surface area contributed by atoms with E-state index in [1.54, 1.807) is 30.3 Å². The van der Waals surface area contributed by atoms with Crippen molar-refractivity contribution in [3.63, 3.8) is 0 Å². The normalized spacial score (nSPS) is 20.8. The van der Waals surface area contributed by atoms with Gasteiger partial charge in [-0.15, -0.1) is 10.2 Å². The molecular formula is C21H17F2N5. The average Bonchev–Trinajstić information content (AvgIpc) is 2.71. The summed E-state index contributed by atoms with van der Waals surface area (Å²) < 4.78 is 27.8. The van der Waals surface area contributed by atoms with E-state index >= 15 is 0 Å². The highest BCUT2D eigenvalue weighted by Gasteiger charge is 2.48. The maximum atomic E-state index is 14.2. The minimum atomic E-state index is -0.952. The summed E-state index contributed by atoms with van der Waals surface area (Å²) in [5, 5.41) is 11.5. The standard InChI is InChI=1S/C21H17F2N5/c1-24-16-5-2-4-14(10-16)18-7-8-19(28-27-18)26-13-21(11-15(22)12-21)20-17(23)6-3-9-25-20/h2-10,15H,11-13H2,(H,26,28). The summed E-state index contributed by atoms with van der Waals surface area (Å²) in [6.07, 6.45) is 1.02. The molecular weight excluding hydrogens is 360 g/mol. The third kappa shape index (κ3) is 3.41. The topological polar surface area (TPSA) is 55.1 Å². The lowest BCUT2D eigenvalue weighted by molar-refractivity contribution is 0.0964. The number of nitrogens with one attached hydrogen (secondary N) is 1. The fraction of sp³-hybridized carbons (Fsp3) is 0.238. The molecule has 0 bridgehead atoms. The van der Waals surface area contributed by atoms with Crippen molar-refractivity contribution in [2.45, 2.75) is 24.4 Å². The molecule has 1 N–H and O–H groups in total. The zero-order valence-electron chi connectivity index (χ0n) is 14.9.